The van der Waals surface area contributed by atoms with Gasteiger partial charge in [-0.25, -0.2) is 0 Å². The number of hydrogen-bond donors (Lipinski definition) is 0. The Balaban J connectivity index is 4.47. The van der Waals surface area contributed by atoms with Crippen molar-refractivity contribution in [2.24, 2.45) is 4.36 Å². The Labute approximate surface area is 122 Å². The molecule has 0 spiro atoms. The van der Waals surface area contributed by atoms with E-state index in [4.69, 9.17) is 0 Å². The number of rotatable bonds is 10. The van der Waals surface area contributed by atoms with E-state index in [-0.39, 0.29) is 16.6 Å². The van der Waals surface area contributed by atoms with E-state index >= 15 is 0 Å². The summed E-state index contributed by atoms with van der Waals surface area (Å²) in [5.41, 5.74) is 1.17. The van der Waals surface area contributed by atoms with Crippen molar-refractivity contribution in [2.75, 3.05) is 11.5 Å². The highest BCUT2D eigenvalue weighted by Crippen LogP contribution is 2.07. The molecule has 0 aliphatic carbocycles. The zero-order valence-electron chi connectivity index (χ0n) is 13.2. The molecule has 0 atom stereocenters. The lowest BCUT2D eigenvalue weighted by Crippen LogP contribution is -2.05. The van der Waals surface area contributed by atoms with E-state index in [9.17, 15) is 4.79 Å². The molecule has 0 aromatic heterocycles. The summed E-state index contributed by atoms with van der Waals surface area (Å²) >= 11 is 0. The summed E-state index contributed by atoms with van der Waals surface area (Å²) in [7, 11) is -0.0456. The van der Waals surface area contributed by atoms with Gasteiger partial charge in [-0.3, -0.25) is 4.79 Å². The maximum Gasteiger partial charge on any atom is 0.275 e. The summed E-state index contributed by atoms with van der Waals surface area (Å²) in [5.74, 6) is 2.16. The average molecular weight is 285 g/mol. The molecule has 1 amide bonds. The number of carbonyl (C=O) groups excluding carboxylic acids is 1. The number of hydrogen-bond acceptors (Lipinski definition) is 1. The molecular weight excluding hydrogens is 254 g/mol. The van der Waals surface area contributed by atoms with E-state index in [0.717, 1.165) is 24.3 Å². The average Bonchev–Trinajstić information content (AvgIpc) is 2.39. The number of nitrogens with zero attached hydrogens (tertiary/aromatic N) is 1. The van der Waals surface area contributed by atoms with E-state index in [0.29, 0.717) is 0 Å². The van der Waals surface area contributed by atoms with Gasteiger partial charge < -0.3 is 0 Å². The van der Waals surface area contributed by atoms with Gasteiger partial charge in [0.2, 0.25) is 0 Å². The van der Waals surface area contributed by atoms with Crippen LogP contribution in [0.4, 0.5) is 0 Å². The Morgan fingerprint density at radius 2 is 1.53 bits per heavy atom. The Morgan fingerprint density at radius 1 is 1.00 bits per heavy atom. The molecule has 0 rings (SSSR count). The number of carbonyl (C=O) groups is 1. The SMILES string of the molecule is CCCC/C(C)=C/C(=O)N=S(CCCC)CCCC. The molecule has 0 aliphatic rings. The van der Waals surface area contributed by atoms with Crippen LogP contribution in [-0.4, -0.2) is 17.4 Å². The second kappa shape index (κ2) is 12.6. The van der Waals surface area contributed by atoms with Gasteiger partial charge in [0.1, 0.15) is 0 Å². The second-order valence-electron chi connectivity index (χ2n) is 5.10. The molecule has 0 aromatic rings. The minimum atomic E-state index is -0.0456. The number of amides is 1. The van der Waals surface area contributed by atoms with Gasteiger partial charge in [0, 0.05) is 17.6 Å². The molecule has 112 valence electrons. The molecule has 0 aliphatic heterocycles. The van der Waals surface area contributed by atoms with E-state index in [1.807, 2.05) is 6.92 Å². The smallest absolute Gasteiger partial charge is 0.267 e. The van der Waals surface area contributed by atoms with E-state index in [1.165, 1.54) is 37.7 Å². The predicted octanol–water partition coefficient (Wildman–Crippen LogP) is 5.05. The molecule has 19 heavy (non-hydrogen) atoms. The lowest BCUT2D eigenvalue weighted by atomic mass is 10.1. The normalized spacial score (nSPS) is 11.9. The van der Waals surface area contributed by atoms with E-state index in [1.54, 1.807) is 6.08 Å². The van der Waals surface area contributed by atoms with Crippen LogP contribution in [0.2, 0.25) is 0 Å². The van der Waals surface area contributed by atoms with Crippen molar-refractivity contribution in [2.45, 2.75) is 72.6 Å². The van der Waals surface area contributed by atoms with Crippen molar-refractivity contribution in [1.29, 1.82) is 0 Å². The van der Waals surface area contributed by atoms with Gasteiger partial charge in [0.25, 0.3) is 5.91 Å². The first kappa shape index (κ1) is 18.6. The molecule has 0 unspecified atom stereocenters. The Hall–Kier alpha value is -0.440. The molecular formula is C16H31NOS. The van der Waals surface area contributed by atoms with E-state index in [2.05, 4.69) is 25.1 Å². The monoisotopic (exact) mass is 285 g/mol. The van der Waals surface area contributed by atoms with Crippen LogP contribution in [0.5, 0.6) is 0 Å². The van der Waals surface area contributed by atoms with Crippen molar-refractivity contribution in [3.05, 3.63) is 11.6 Å². The largest absolute Gasteiger partial charge is 0.275 e. The summed E-state index contributed by atoms with van der Waals surface area (Å²) in [6.45, 7) is 8.60. The highest BCUT2D eigenvalue weighted by molar-refractivity contribution is 7.87. The first-order valence-electron chi connectivity index (χ1n) is 7.74. The third-order valence-corrected chi connectivity index (χ3v) is 4.94. The summed E-state index contributed by atoms with van der Waals surface area (Å²) in [4.78, 5) is 11.9. The first-order valence-corrected chi connectivity index (χ1v) is 9.26. The van der Waals surface area contributed by atoms with Gasteiger partial charge in [-0.1, -0.05) is 56.3 Å². The molecule has 0 aromatic carbocycles. The highest BCUT2D eigenvalue weighted by atomic mass is 32.2. The zero-order chi connectivity index (χ0) is 14.5. The number of unbranched alkanes of at least 4 members (excludes halogenated alkanes) is 3. The fourth-order valence-electron chi connectivity index (χ4n) is 1.71. The summed E-state index contributed by atoms with van der Waals surface area (Å²) < 4.78 is 4.41. The minimum Gasteiger partial charge on any atom is -0.267 e. The molecule has 0 radical (unpaired) electrons. The molecule has 3 heteroatoms. The predicted molar refractivity (Wildman–Crippen MR) is 87.6 cm³/mol. The lowest BCUT2D eigenvalue weighted by Gasteiger charge is -2.06. The second-order valence-corrected chi connectivity index (χ2v) is 7.03. The van der Waals surface area contributed by atoms with E-state index < -0.39 is 0 Å². The van der Waals surface area contributed by atoms with Crippen LogP contribution >= 0.6 is 0 Å². The molecule has 0 bridgehead atoms. The Bertz CT molecular complexity index is 298. The van der Waals surface area contributed by atoms with Crippen molar-refractivity contribution >= 4 is 16.6 Å². The van der Waals surface area contributed by atoms with Crippen LogP contribution in [0.3, 0.4) is 0 Å². The van der Waals surface area contributed by atoms with Crippen molar-refractivity contribution in [1.82, 2.24) is 0 Å². The lowest BCUT2D eigenvalue weighted by molar-refractivity contribution is -0.113. The van der Waals surface area contributed by atoms with Crippen LogP contribution in [-0.2, 0) is 15.5 Å². The Morgan fingerprint density at radius 3 is 2.00 bits per heavy atom. The highest BCUT2D eigenvalue weighted by Gasteiger charge is 2.01. The molecule has 0 saturated carbocycles. The zero-order valence-corrected chi connectivity index (χ0v) is 14.0. The van der Waals surface area contributed by atoms with Crippen molar-refractivity contribution < 1.29 is 4.79 Å². The Kier molecular flexibility index (Phi) is 12.3. The summed E-state index contributed by atoms with van der Waals surface area (Å²) in [5, 5.41) is 0. The summed E-state index contributed by atoms with van der Waals surface area (Å²) in [6.07, 6.45) is 9.84. The first-order chi connectivity index (χ1) is 9.13. The third kappa shape index (κ3) is 11.1. The van der Waals surface area contributed by atoms with Crippen molar-refractivity contribution in [3.8, 4) is 0 Å². The molecule has 2 nitrogen and oxygen atoms in total. The fraction of sp³-hybridized carbons (Fsp3) is 0.812. The van der Waals surface area contributed by atoms with Crippen molar-refractivity contribution in [3.63, 3.8) is 0 Å². The maximum atomic E-state index is 11.9. The standard InChI is InChI=1S/C16H31NOS/c1-5-8-11-15(4)14-16(18)17-19(12-9-6-2)13-10-7-3/h14H,5-13H2,1-4H3/b15-14+. The van der Waals surface area contributed by atoms with Crippen LogP contribution in [0, 0.1) is 0 Å². The molecule has 0 fully saturated rings. The maximum absolute atomic E-state index is 11.9. The van der Waals surface area contributed by atoms with Crippen LogP contribution in [0.25, 0.3) is 0 Å². The van der Waals surface area contributed by atoms with Gasteiger partial charge in [-0.2, -0.15) is 4.36 Å². The molecule has 0 N–H and O–H groups in total. The molecule has 0 saturated heterocycles. The van der Waals surface area contributed by atoms with Crippen LogP contribution in [0.15, 0.2) is 16.0 Å². The van der Waals surface area contributed by atoms with Gasteiger partial charge in [0.05, 0.1) is 0 Å². The van der Waals surface area contributed by atoms with Gasteiger partial charge >= 0.3 is 0 Å². The topological polar surface area (TPSA) is 29.4 Å². The van der Waals surface area contributed by atoms with Gasteiger partial charge in [0.15, 0.2) is 0 Å². The van der Waals surface area contributed by atoms with Gasteiger partial charge in [-0.05, 0) is 32.6 Å². The van der Waals surface area contributed by atoms with Crippen LogP contribution in [0.1, 0.15) is 72.6 Å². The van der Waals surface area contributed by atoms with Crippen LogP contribution < -0.4 is 0 Å². The minimum absolute atomic E-state index is 0.0101. The summed E-state index contributed by atoms with van der Waals surface area (Å²) in [6, 6.07) is 0. The van der Waals surface area contributed by atoms with Gasteiger partial charge in [-0.15, -0.1) is 0 Å². The quantitative estimate of drug-likeness (QED) is 0.516. The number of allylic oxidation sites excluding steroid dienone is 1. The molecule has 0 heterocycles. The fourth-order valence-corrected chi connectivity index (χ4v) is 3.65. The third-order valence-electron chi connectivity index (χ3n) is 2.98.